The summed E-state index contributed by atoms with van der Waals surface area (Å²) in [5.41, 5.74) is 24.3. The molecule has 0 spiro atoms. The smallest absolute Gasteiger partial charge is 0.125 e. The Labute approximate surface area is 391 Å². The molecule has 12 rings (SSSR count). The number of fused-ring (bicyclic) bond motifs is 6. The van der Waals surface area contributed by atoms with E-state index in [2.05, 4.69) is 177 Å². The molecule has 6 heterocycles. The van der Waals surface area contributed by atoms with Crippen molar-refractivity contribution < 1.29 is 4.74 Å². The predicted octanol–water partition coefficient (Wildman–Crippen LogP) is 11.2. The number of hydrogen-bond acceptors (Lipinski definition) is 6. The van der Waals surface area contributed by atoms with Crippen LogP contribution in [0.5, 0.6) is 5.75 Å². The highest BCUT2D eigenvalue weighted by atomic mass is 16.5. The lowest BCUT2D eigenvalue weighted by molar-refractivity contribution is 0.286. The molecule has 6 heteroatoms. The third-order valence-electron chi connectivity index (χ3n) is 13.2. The molecule has 0 fully saturated rings. The van der Waals surface area contributed by atoms with E-state index in [0.29, 0.717) is 0 Å². The van der Waals surface area contributed by atoms with Crippen molar-refractivity contribution in [3.8, 4) is 5.75 Å². The molecular weight excluding hydrogens is 795 g/mol. The van der Waals surface area contributed by atoms with Gasteiger partial charge in [-0.05, 0) is 192 Å². The van der Waals surface area contributed by atoms with Gasteiger partial charge in [-0.25, -0.2) is 0 Å². The van der Waals surface area contributed by atoms with Gasteiger partial charge in [0.2, 0.25) is 0 Å². The minimum Gasteiger partial charge on any atom is -0.493 e. The van der Waals surface area contributed by atoms with Crippen LogP contribution in [0, 0.1) is 41.5 Å². The normalized spacial score (nSPS) is 15.6. The molecule has 6 aliphatic rings. The molecule has 0 saturated carbocycles. The fourth-order valence-electron chi connectivity index (χ4n) is 9.53. The fourth-order valence-corrected chi connectivity index (χ4v) is 9.53. The molecule has 6 aromatic rings. The standard InChI is InChI=1S/C11H15N.2C10H13N.C10H12O.2C9H11N/c1-9-2-3-10-4-6-12-7-5-11(10)8-9;1-8-2-3-10-7-11-5-4-9(10)6-8;1-8-2-3-9-4-5-11-7-10(9)6-8;1-8-4-2-5-9-6-3-7-11-10(8)9;1-7-2-3-9-8(6-7)4-5-10-9;1-7-3-2-4-9-8(7)5-6-10-9/h2-3,8,12H,4-7H2,1H3;2*2-3,6,11H,4-5,7H2,1H3;2,4-5H,3,6-7H2,1H3;2-3,6,10H,4-5H2,1H3;2-4,10H,5-6H2,1H3. The predicted molar refractivity (Wildman–Crippen MR) is 276 cm³/mol. The first-order valence-corrected chi connectivity index (χ1v) is 24.4. The zero-order chi connectivity index (χ0) is 45.4. The summed E-state index contributed by atoms with van der Waals surface area (Å²) in [6.07, 6.45) is 9.49. The van der Waals surface area contributed by atoms with E-state index in [9.17, 15) is 0 Å². The first-order chi connectivity index (χ1) is 31.7. The highest BCUT2D eigenvalue weighted by molar-refractivity contribution is 5.58. The summed E-state index contributed by atoms with van der Waals surface area (Å²) in [5.74, 6) is 1.12. The monoisotopic (exact) mass is 870 g/mol. The van der Waals surface area contributed by atoms with Crippen molar-refractivity contribution in [3.05, 3.63) is 193 Å². The average Bonchev–Trinajstić information content (AvgIpc) is 3.95. The highest BCUT2D eigenvalue weighted by Gasteiger charge is 2.13. The summed E-state index contributed by atoms with van der Waals surface area (Å²) in [5, 5.41) is 16.8. The molecule has 0 bridgehead atoms. The van der Waals surface area contributed by atoms with E-state index in [1.807, 2.05) is 0 Å². The van der Waals surface area contributed by atoms with E-state index in [1.165, 1.54) is 134 Å². The van der Waals surface area contributed by atoms with Crippen molar-refractivity contribution in [1.82, 2.24) is 16.0 Å². The average molecular weight is 870 g/mol. The number of hydrogen-bond donors (Lipinski definition) is 5. The van der Waals surface area contributed by atoms with Crippen LogP contribution in [0.15, 0.2) is 109 Å². The molecule has 6 aromatic carbocycles. The van der Waals surface area contributed by atoms with Crippen molar-refractivity contribution in [2.75, 3.05) is 56.5 Å². The first-order valence-electron chi connectivity index (χ1n) is 24.4. The number of ether oxygens (including phenoxy) is 1. The molecule has 0 radical (unpaired) electrons. The van der Waals surface area contributed by atoms with Gasteiger partial charge < -0.3 is 31.3 Å². The fraction of sp³-hybridized carbons (Fsp3) is 0.390. The molecule has 0 unspecified atom stereocenters. The lowest BCUT2D eigenvalue weighted by Gasteiger charge is -2.18. The van der Waals surface area contributed by atoms with E-state index >= 15 is 0 Å². The van der Waals surface area contributed by atoms with Gasteiger partial charge in [0.1, 0.15) is 5.75 Å². The van der Waals surface area contributed by atoms with Crippen LogP contribution in [-0.2, 0) is 58.0 Å². The Morgan fingerprint density at radius 2 is 0.877 bits per heavy atom. The summed E-state index contributed by atoms with van der Waals surface area (Å²) >= 11 is 0. The summed E-state index contributed by atoms with van der Waals surface area (Å²) in [6.45, 7) is 22.6. The second kappa shape index (κ2) is 24.2. The van der Waals surface area contributed by atoms with Crippen molar-refractivity contribution in [2.45, 2.75) is 106 Å². The third kappa shape index (κ3) is 14.0. The van der Waals surface area contributed by atoms with Crippen LogP contribution in [0.1, 0.15) is 89.9 Å². The summed E-state index contributed by atoms with van der Waals surface area (Å²) < 4.78 is 5.55. The van der Waals surface area contributed by atoms with Gasteiger partial charge in [0, 0.05) is 37.6 Å². The SMILES string of the molecule is Cc1ccc2c(c1)CCN2.Cc1ccc2c(c1)CCNC2.Cc1ccc2c(c1)CCNCC2.Cc1ccc2c(c1)CNCC2.Cc1cccc2c1CCN2.Cc1cccc2c1OCCC2. The molecule has 0 aliphatic carbocycles. The van der Waals surface area contributed by atoms with E-state index in [-0.39, 0.29) is 0 Å². The van der Waals surface area contributed by atoms with Crippen molar-refractivity contribution in [2.24, 2.45) is 0 Å². The zero-order valence-electron chi connectivity index (χ0n) is 40.3. The van der Waals surface area contributed by atoms with Crippen LogP contribution in [0.3, 0.4) is 0 Å². The Morgan fingerprint density at radius 3 is 1.57 bits per heavy atom. The van der Waals surface area contributed by atoms with E-state index in [4.69, 9.17) is 4.74 Å². The third-order valence-corrected chi connectivity index (χ3v) is 13.2. The Bertz CT molecular complexity index is 2410. The maximum absolute atomic E-state index is 5.55. The molecule has 6 nitrogen and oxygen atoms in total. The number of benzene rings is 6. The maximum Gasteiger partial charge on any atom is 0.125 e. The van der Waals surface area contributed by atoms with E-state index < -0.39 is 0 Å². The van der Waals surface area contributed by atoms with Crippen LogP contribution in [0.25, 0.3) is 0 Å². The van der Waals surface area contributed by atoms with Crippen molar-refractivity contribution >= 4 is 11.4 Å². The second-order valence-electron chi connectivity index (χ2n) is 18.6. The Hall–Kier alpha value is -5.40. The lowest BCUT2D eigenvalue weighted by Crippen LogP contribution is -2.23. The topological polar surface area (TPSA) is 69.4 Å². The molecular formula is C59H75N5O. The number of aryl methyl sites for hydroxylation is 7. The van der Waals surface area contributed by atoms with E-state index in [1.54, 1.807) is 5.56 Å². The van der Waals surface area contributed by atoms with Crippen LogP contribution >= 0.6 is 0 Å². The Balaban J connectivity index is 0.000000116. The second-order valence-corrected chi connectivity index (χ2v) is 18.6. The van der Waals surface area contributed by atoms with E-state index in [0.717, 1.165) is 71.1 Å². The first kappa shape index (κ1) is 47.6. The summed E-state index contributed by atoms with van der Waals surface area (Å²) in [7, 11) is 0. The van der Waals surface area contributed by atoms with Crippen LogP contribution in [0.2, 0.25) is 0 Å². The van der Waals surface area contributed by atoms with Crippen molar-refractivity contribution in [1.29, 1.82) is 0 Å². The molecule has 0 aromatic heterocycles. The van der Waals surface area contributed by atoms with Gasteiger partial charge in [0.15, 0.2) is 0 Å². The van der Waals surface area contributed by atoms with Gasteiger partial charge >= 0.3 is 0 Å². The molecule has 5 N–H and O–H groups in total. The number of rotatable bonds is 0. The molecule has 342 valence electrons. The van der Waals surface area contributed by atoms with Crippen LogP contribution in [0.4, 0.5) is 11.4 Å². The van der Waals surface area contributed by atoms with Gasteiger partial charge in [-0.15, -0.1) is 0 Å². The Kier molecular flexibility index (Phi) is 17.7. The number of anilines is 2. The molecule has 0 amide bonds. The lowest BCUT2D eigenvalue weighted by atomic mass is 9.99. The molecule has 0 atom stereocenters. The van der Waals surface area contributed by atoms with Gasteiger partial charge in [0.05, 0.1) is 6.61 Å². The summed E-state index contributed by atoms with van der Waals surface area (Å²) in [4.78, 5) is 0. The Morgan fingerprint density at radius 1 is 0.369 bits per heavy atom. The van der Waals surface area contributed by atoms with Gasteiger partial charge in [-0.2, -0.15) is 0 Å². The quantitative estimate of drug-likeness (QED) is 0.105. The van der Waals surface area contributed by atoms with Gasteiger partial charge in [0.25, 0.3) is 0 Å². The van der Waals surface area contributed by atoms with Gasteiger partial charge in [-0.1, -0.05) is 119 Å². The zero-order valence-corrected chi connectivity index (χ0v) is 40.3. The number of para-hydroxylation sites is 1. The molecule has 65 heavy (non-hydrogen) atoms. The van der Waals surface area contributed by atoms with Gasteiger partial charge in [-0.3, -0.25) is 0 Å². The number of nitrogens with one attached hydrogen (secondary N) is 5. The highest BCUT2D eigenvalue weighted by Crippen LogP contribution is 2.28. The maximum atomic E-state index is 5.55. The summed E-state index contributed by atoms with van der Waals surface area (Å²) in [6, 6.07) is 39.6. The largest absolute Gasteiger partial charge is 0.493 e. The minimum absolute atomic E-state index is 0.887. The van der Waals surface area contributed by atoms with Crippen molar-refractivity contribution in [3.63, 3.8) is 0 Å². The van der Waals surface area contributed by atoms with Crippen LogP contribution in [-0.4, -0.2) is 45.9 Å². The minimum atomic E-state index is 0.887. The molecule has 0 saturated heterocycles. The molecule has 6 aliphatic heterocycles. The van der Waals surface area contributed by atoms with Crippen LogP contribution < -0.4 is 31.3 Å².